The molecule has 21 heteroatoms. The number of carboxylic acid groups (broad SMARTS) is 3. The van der Waals surface area contributed by atoms with Crippen molar-refractivity contribution >= 4 is 65.0 Å². The Morgan fingerprint density at radius 2 is 1.08 bits per heavy atom. The average molecular weight is 1090 g/mol. The van der Waals surface area contributed by atoms with Gasteiger partial charge in [-0.05, 0) is 90.0 Å². The van der Waals surface area contributed by atoms with Gasteiger partial charge in [-0.2, -0.15) is 0 Å². The van der Waals surface area contributed by atoms with Gasteiger partial charge in [0.15, 0.2) is 11.6 Å². The van der Waals surface area contributed by atoms with Crippen molar-refractivity contribution in [3.63, 3.8) is 0 Å². The number of hydrogen-bond donors (Lipinski definition) is 8. The lowest BCUT2D eigenvalue weighted by Gasteiger charge is -2.26. The van der Waals surface area contributed by atoms with E-state index in [4.69, 9.17) is 25.4 Å². The quantitative estimate of drug-likeness (QED) is 0.0246. The molecule has 0 aromatic heterocycles. The Labute approximate surface area is 456 Å². The predicted molar refractivity (Wildman–Crippen MR) is 291 cm³/mol. The first-order chi connectivity index (χ1) is 36.8. The molecule has 0 aliphatic carbocycles. The van der Waals surface area contributed by atoms with E-state index >= 15 is 0 Å². The van der Waals surface area contributed by atoms with Gasteiger partial charge in [-0.15, -0.1) is 0 Å². The van der Waals surface area contributed by atoms with Crippen LogP contribution in [0, 0.1) is 5.41 Å². The zero-order valence-electron chi connectivity index (χ0n) is 46.3. The van der Waals surface area contributed by atoms with Crippen LogP contribution >= 0.6 is 0 Å². The summed E-state index contributed by atoms with van der Waals surface area (Å²) in [5, 5.41) is 38.1. The molecule has 1 aliphatic heterocycles. The number of carboxylic acids is 3. The lowest BCUT2D eigenvalue weighted by molar-refractivity contribution is -0.143. The summed E-state index contributed by atoms with van der Waals surface area (Å²) in [6.45, 7) is 2.88. The first-order valence-corrected chi connectivity index (χ1v) is 28.3. The van der Waals surface area contributed by atoms with E-state index in [2.05, 4.69) is 26.3 Å². The van der Waals surface area contributed by atoms with Crippen LogP contribution in [0.5, 0.6) is 0 Å². The van der Waals surface area contributed by atoms with Crippen molar-refractivity contribution in [1.29, 1.82) is 0 Å². The van der Waals surface area contributed by atoms with Crippen molar-refractivity contribution in [3.05, 3.63) is 11.8 Å². The third kappa shape index (κ3) is 37.2. The summed E-state index contributed by atoms with van der Waals surface area (Å²) >= 11 is 0. The summed E-state index contributed by atoms with van der Waals surface area (Å²) in [7, 11) is 0. The zero-order chi connectivity index (χ0) is 57.1. The number of nitrogens with zero attached hydrogens (tertiary/aromatic N) is 1. The molecule has 1 heterocycles. The number of aliphatic carboxylic acids is 3. The van der Waals surface area contributed by atoms with Crippen LogP contribution in [0.4, 0.5) is 0 Å². The number of ether oxygens (including phenoxy) is 2. The molecule has 9 N–H and O–H groups in total. The van der Waals surface area contributed by atoms with Crippen LogP contribution in [0.3, 0.4) is 0 Å². The Morgan fingerprint density at radius 3 is 1.64 bits per heavy atom. The molecule has 0 aromatic rings. The first-order valence-electron chi connectivity index (χ1n) is 28.3. The number of primary amides is 1. The minimum absolute atomic E-state index is 0.126. The number of unbranched alkanes of at least 4 members (excludes halogenated alkanes) is 15. The van der Waals surface area contributed by atoms with E-state index in [0.717, 1.165) is 63.4 Å². The van der Waals surface area contributed by atoms with Crippen molar-refractivity contribution in [2.45, 2.75) is 225 Å². The molecule has 3 amide bonds. The molecule has 1 aliphatic rings. The molecule has 0 radical (unpaired) electrons. The van der Waals surface area contributed by atoms with Gasteiger partial charge in [-0.1, -0.05) is 77.0 Å². The largest absolute Gasteiger partial charge is 0.481 e. The SMILES string of the molecule is CC(C)(C(=O)CCCCC1=CN=CC1)C(=O)N[C@@H](CCC(=O)O)C(=O)CN[C@@H](CCCCNC(=O)COCCOCCCC(=O)CCCCCCCCCCCCCCCCC(=O)O)C(=O)CN[C@@H](CCC(=O)O)C(N)=O. The van der Waals surface area contributed by atoms with E-state index in [-0.39, 0.29) is 82.4 Å². The summed E-state index contributed by atoms with van der Waals surface area (Å²) in [6.07, 6.45) is 24.0. The fraction of sp³-hybridized carbons (Fsp3) is 0.768. The molecule has 3 atom stereocenters. The van der Waals surface area contributed by atoms with Gasteiger partial charge in [-0.25, -0.2) is 0 Å². The number of hydrogen-bond acceptors (Lipinski definition) is 15. The van der Waals surface area contributed by atoms with Crippen molar-refractivity contribution in [2.24, 2.45) is 16.1 Å². The lowest BCUT2D eigenvalue weighted by Crippen LogP contribution is -2.53. The number of nitrogens with one attached hydrogen (secondary N) is 4. The third-order valence-corrected chi connectivity index (χ3v) is 13.6. The van der Waals surface area contributed by atoms with Gasteiger partial charge in [-0.3, -0.25) is 58.3 Å². The summed E-state index contributed by atoms with van der Waals surface area (Å²) in [5.41, 5.74) is 5.07. The highest BCUT2D eigenvalue weighted by molar-refractivity contribution is 6.06. The highest BCUT2D eigenvalue weighted by Gasteiger charge is 2.37. The Kier molecular flexibility index (Phi) is 39.6. The molecular formula is C56H94N6O15. The number of carbonyl (C=O) groups is 10. The maximum absolute atomic E-state index is 13.6. The van der Waals surface area contributed by atoms with Gasteiger partial charge in [0, 0.05) is 70.5 Å². The summed E-state index contributed by atoms with van der Waals surface area (Å²) in [4.78, 5) is 128. The lowest BCUT2D eigenvalue weighted by atomic mass is 9.83. The number of nitrogens with two attached hydrogens (primary N) is 1. The first kappa shape index (κ1) is 69.8. The number of carbonyl (C=O) groups excluding carboxylic acids is 7. The van der Waals surface area contributed by atoms with Crippen LogP contribution in [-0.4, -0.2) is 144 Å². The van der Waals surface area contributed by atoms with Gasteiger partial charge in [0.25, 0.3) is 0 Å². The molecule has 21 nitrogen and oxygen atoms in total. The second kappa shape index (κ2) is 43.7. The van der Waals surface area contributed by atoms with Crippen LogP contribution < -0.4 is 27.0 Å². The van der Waals surface area contributed by atoms with Crippen LogP contribution in [0.15, 0.2) is 16.8 Å². The molecule has 0 saturated carbocycles. The summed E-state index contributed by atoms with van der Waals surface area (Å²) < 4.78 is 11.0. The van der Waals surface area contributed by atoms with E-state index in [1.165, 1.54) is 65.2 Å². The molecule has 0 spiro atoms. The maximum atomic E-state index is 13.6. The van der Waals surface area contributed by atoms with Crippen LogP contribution in [-0.2, 0) is 57.4 Å². The predicted octanol–water partition coefficient (Wildman–Crippen LogP) is 6.25. The molecule has 0 aromatic carbocycles. The summed E-state index contributed by atoms with van der Waals surface area (Å²) in [6, 6.07) is -3.44. The number of amides is 3. The van der Waals surface area contributed by atoms with Gasteiger partial charge < -0.3 is 46.5 Å². The van der Waals surface area contributed by atoms with E-state index < -0.39 is 84.3 Å². The van der Waals surface area contributed by atoms with E-state index in [1.807, 2.05) is 6.21 Å². The third-order valence-electron chi connectivity index (χ3n) is 13.6. The Morgan fingerprint density at radius 1 is 0.571 bits per heavy atom. The second-order valence-corrected chi connectivity index (χ2v) is 20.7. The molecule has 1 rings (SSSR count). The van der Waals surface area contributed by atoms with Crippen molar-refractivity contribution < 1.29 is 72.7 Å². The normalized spacial score (nSPS) is 13.4. The van der Waals surface area contributed by atoms with Crippen molar-refractivity contribution in [3.8, 4) is 0 Å². The average Bonchev–Trinajstić information content (AvgIpc) is 3.91. The highest BCUT2D eigenvalue weighted by Crippen LogP contribution is 2.23. The fourth-order valence-electron chi connectivity index (χ4n) is 8.58. The topological polar surface area (TPSA) is 336 Å². The zero-order valence-corrected chi connectivity index (χ0v) is 46.3. The minimum Gasteiger partial charge on any atom is -0.481 e. The molecule has 0 unspecified atom stereocenters. The Hall–Kier alpha value is -5.25. The van der Waals surface area contributed by atoms with Crippen LogP contribution in [0.1, 0.15) is 206 Å². The monoisotopic (exact) mass is 1090 g/mol. The molecule has 0 bridgehead atoms. The van der Waals surface area contributed by atoms with Crippen molar-refractivity contribution in [1.82, 2.24) is 21.3 Å². The number of aliphatic imine (C=N–C) groups is 1. The second-order valence-electron chi connectivity index (χ2n) is 20.7. The van der Waals surface area contributed by atoms with Gasteiger partial charge in [0.05, 0.1) is 44.4 Å². The molecule has 438 valence electrons. The Balaban J connectivity index is 2.46. The number of allylic oxidation sites excluding steroid dienone is 1. The highest BCUT2D eigenvalue weighted by atomic mass is 16.5. The van der Waals surface area contributed by atoms with Crippen molar-refractivity contribution in [2.75, 3.05) is 46.1 Å². The van der Waals surface area contributed by atoms with Crippen LogP contribution in [0.25, 0.3) is 0 Å². The molecular weight excluding hydrogens is 997 g/mol. The smallest absolute Gasteiger partial charge is 0.303 e. The number of rotatable bonds is 54. The van der Waals surface area contributed by atoms with E-state index in [1.54, 1.807) is 6.20 Å². The standard InChI is InChI=1S/C56H94N6O15/c1-56(2,49(66)26-18-17-22-42-32-34-58-38-42)55(75)62-45(28-30-52(70)71)48(65)40-60-44(47(64)39-61-46(54(57)74)29-31-53(72)73)25-19-20-33-59-50(67)41-77-37-36-76-35-21-24-43(63)23-15-13-11-9-7-5-3-4-6-8-10-12-14-16-27-51(68)69/h34,38,44-46,60-61H,3-33,35-37,39-41H2,1-2H3,(H2,57,74)(H,59,67)(H,62,75)(H,68,69)(H,70,71)(H,72,73)/t44-,45-,46-/m0/s1. The molecule has 0 fully saturated rings. The van der Waals surface area contributed by atoms with Gasteiger partial charge in [0.1, 0.15) is 23.6 Å². The maximum Gasteiger partial charge on any atom is 0.303 e. The van der Waals surface area contributed by atoms with Gasteiger partial charge in [0.2, 0.25) is 17.7 Å². The van der Waals surface area contributed by atoms with E-state index in [9.17, 15) is 53.1 Å². The molecule has 0 saturated heterocycles. The number of Topliss-reactive ketones (excluding diaryl/α,β-unsaturated/α-hetero) is 4. The number of ketones is 4. The Bertz CT molecular complexity index is 1870. The van der Waals surface area contributed by atoms with E-state index in [0.29, 0.717) is 45.1 Å². The van der Waals surface area contributed by atoms with Crippen LogP contribution in [0.2, 0.25) is 0 Å². The minimum atomic E-state index is -1.52. The van der Waals surface area contributed by atoms with Gasteiger partial charge >= 0.3 is 17.9 Å². The molecule has 77 heavy (non-hydrogen) atoms. The summed E-state index contributed by atoms with van der Waals surface area (Å²) in [5.74, 6) is -6.28. The fourth-order valence-corrected chi connectivity index (χ4v) is 8.58.